The first-order valence-electron chi connectivity index (χ1n) is 7.93. The van der Waals surface area contributed by atoms with Crippen LogP contribution in [0.15, 0.2) is 36.9 Å². The molecule has 1 fully saturated rings. The van der Waals surface area contributed by atoms with Crippen molar-refractivity contribution in [2.45, 2.75) is 19.1 Å². The topological polar surface area (TPSA) is 77.1 Å². The summed E-state index contributed by atoms with van der Waals surface area (Å²) in [5, 5.41) is 2.68. The van der Waals surface area contributed by atoms with Crippen LogP contribution in [0.3, 0.4) is 0 Å². The number of methoxy groups -OCH3 is 1. The third-order valence-electron chi connectivity index (χ3n) is 4.16. The third kappa shape index (κ3) is 3.17. The van der Waals surface area contributed by atoms with E-state index in [-0.39, 0.29) is 18.5 Å². The molecule has 0 spiro atoms. The zero-order valence-electron chi connectivity index (χ0n) is 14.2. The first kappa shape index (κ1) is 16.9. The molecule has 1 aromatic carbocycles. The van der Waals surface area contributed by atoms with Gasteiger partial charge in [0.2, 0.25) is 5.91 Å². The second-order valence-corrected chi connectivity index (χ2v) is 5.76. The fourth-order valence-corrected chi connectivity index (χ4v) is 2.99. The molecule has 1 aromatic rings. The van der Waals surface area contributed by atoms with Crippen LogP contribution < -0.4 is 15.0 Å². The van der Waals surface area contributed by atoms with Gasteiger partial charge in [0.25, 0.3) is 0 Å². The summed E-state index contributed by atoms with van der Waals surface area (Å²) in [6.45, 7) is 5.64. The van der Waals surface area contributed by atoms with Crippen molar-refractivity contribution in [1.82, 2.24) is 5.32 Å². The van der Waals surface area contributed by atoms with Crippen LogP contribution in [0.4, 0.5) is 10.5 Å². The van der Waals surface area contributed by atoms with Crippen molar-refractivity contribution >= 4 is 23.4 Å². The van der Waals surface area contributed by atoms with Gasteiger partial charge in [0.05, 0.1) is 19.3 Å². The average Bonchev–Trinajstić information content (AvgIpc) is 2.93. The summed E-state index contributed by atoms with van der Waals surface area (Å²) in [6.07, 6.45) is 2.51. The minimum absolute atomic E-state index is 0.169. The number of rotatable bonds is 5. The highest BCUT2D eigenvalue weighted by atomic mass is 16.6. The summed E-state index contributed by atoms with van der Waals surface area (Å²) in [5.41, 5.74) is 1.46. The number of allylic oxidation sites excluding steroid dienone is 2. The Kier molecular flexibility index (Phi) is 4.65. The van der Waals surface area contributed by atoms with Gasteiger partial charge in [-0.15, -0.1) is 0 Å². The number of hydrogen-bond donors (Lipinski definition) is 1. The number of anilines is 1. The van der Waals surface area contributed by atoms with Crippen LogP contribution >= 0.6 is 0 Å². The van der Waals surface area contributed by atoms with E-state index in [4.69, 9.17) is 14.2 Å². The number of nitrogens with zero attached hydrogens (tertiary/aromatic N) is 1. The van der Waals surface area contributed by atoms with E-state index < -0.39 is 12.2 Å². The van der Waals surface area contributed by atoms with Crippen molar-refractivity contribution in [2.75, 3.05) is 25.2 Å². The second-order valence-electron chi connectivity index (χ2n) is 5.76. The van der Waals surface area contributed by atoms with Crippen molar-refractivity contribution in [3.8, 4) is 5.75 Å². The number of benzene rings is 1. The second kappa shape index (κ2) is 6.88. The number of carbonyl (C=O) groups is 2. The minimum atomic E-state index is -0.445. The summed E-state index contributed by atoms with van der Waals surface area (Å²) in [5.74, 6) is 1.06. The lowest BCUT2D eigenvalue weighted by molar-refractivity contribution is -0.119. The Bertz CT molecular complexity index is 743. The fraction of sp³-hybridized carbons (Fsp3) is 0.333. The molecule has 2 amide bonds. The van der Waals surface area contributed by atoms with Crippen molar-refractivity contribution in [1.29, 1.82) is 0 Å². The van der Waals surface area contributed by atoms with Crippen LogP contribution in [0.5, 0.6) is 5.75 Å². The van der Waals surface area contributed by atoms with Crippen molar-refractivity contribution in [2.24, 2.45) is 0 Å². The SMILES string of the molecule is C=CC=C(OC)c1ccc2c(c1)OCC1C(CNC(C)=O)OC(=O)N21. The Morgan fingerprint density at radius 3 is 3.00 bits per heavy atom. The molecule has 7 nitrogen and oxygen atoms in total. The summed E-state index contributed by atoms with van der Waals surface area (Å²) < 4.78 is 16.6. The van der Waals surface area contributed by atoms with E-state index in [0.29, 0.717) is 23.8 Å². The van der Waals surface area contributed by atoms with Crippen LogP contribution in [0.25, 0.3) is 5.76 Å². The van der Waals surface area contributed by atoms with E-state index in [1.807, 2.05) is 12.1 Å². The van der Waals surface area contributed by atoms with Gasteiger partial charge in [0.1, 0.15) is 30.3 Å². The summed E-state index contributed by atoms with van der Waals surface area (Å²) in [4.78, 5) is 25.0. The van der Waals surface area contributed by atoms with Gasteiger partial charge in [0.15, 0.2) is 0 Å². The van der Waals surface area contributed by atoms with Gasteiger partial charge in [-0.3, -0.25) is 9.69 Å². The molecule has 3 rings (SSSR count). The van der Waals surface area contributed by atoms with Gasteiger partial charge < -0.3 is 19.5 Å². The normalized spacial score (nSPS) is 21.6. The van der Waals surface area contributed by atoms with E-state index in [1.165, 1.54) is 6.92 Å². The molecule has 25 heavy (non-hydrogen) atoms. The third-order valence-corrected chi connectivity index (χ3v) is 4.16. The zero-order chi connectivity index (χ0) is 18.0. The molecule has 0 radical (unpaired) electrons. The molecule has 2 aliphatic heterocycles. The highest BCUT2D eigenvalue weighted by molar-refractivity contribution is 5.93. The highest BCUT2D eigenvalue weighted by Crippen LogP contribution is 2.40. The van der Waals surface area contributed by atoms with Gasteiger partial charge in [-0.25, -0.2) is 4.79 Å². The van der Waals surface area contributed by atoms with E-state index in [1.54, 1.807) is 30.2 Å². The Hall–Kier alpha value is -2.96. The highest BCUT2D eigenvalue weighted by Gasteiger charge is 2.46. The number of carbonyl (C=O) groups excluding carboxylic acids is 2. The summed E-state index contributed by atoms with van der Waals surface area (Å²) in [7, 11) is 1.58. The number of cyclic esters (lactones) is 1. The number of amides is 2. The molecular weight excluding hydrogens is 324 g/mol. The lowest BCUT2D eigenvalue weighted by atomic mass is 10.1. The van der Waals surface area contributed by atoms with E-state index in [2.05, 4.69) is 11.9 Å². The molecule has 0 saturated carbocycles. The molecule has 2 heterocycles. The number of nitrogens with one attached hydrogen (secondary N) is 1. The van der Waals surface area contributed by atoms with E-state index >= 15 is 0 Å². The smallest absolute Gasteiger partial charge is 0.415 e. The first-order chi connectivity index (χ1) is 12.0. The molecule has 2 atom stereocenters. The molecule has 1 saturated heterocycles. The van der Waals surface area contributed by atoms with Crippen molar-refractivity contribution in [3.63, 3.8) is 0 Å². The average molecular weight is 344 g/mol. The zero-order valence-corrected chi connectivity index (χ0v) is 14.2. The van der Waals surface area contributed by atoms with Gasteiger partial charge in [-0.1, -0.05) is 12.7 Å². The molecule has 1 N–H and O–H groups in total. The van der Waals surface area contributed by atoms with Gasteiger partial charge in [0, 0.05) is 12.5 Å². The Morgan fingerprint density at radius 1 is 1.52 bits per heavy atom. The van der Waals surface area contributed by atoms with Crippen LogP contribution in [0, 0.1) is 0 Å². The quantitative estimate of drug-likeness (QED) is 0.654. The van der Waals surface area contributed by atoms with E-state index in [0.717, 1.165) is 5.56 Å². The predicted molar refractivity (Wildman–Crippen MR) is 92.3 cm³/mol. The van der Waals surface area contributed by atoms with Crippen molar-refractivity contribution < 1.29 is 23.8 Å². The van der Waals surface area contributed by atoms with E-state index in [9.17, 15) is 9.59 Å². The molecule has 0 aromatic heterocycles. The largest absolute Gasteiger partial charge is 0.496 e. The van der Waals surface area contributed by atoms with Crippen LogP contribution in [-0.4, -0.2) is 44.4 Å². The summed E-state index contributed by atoms with van der Waals surface area (Å²) in [6, 6.07) is 5.19. The number of ether oxygens (including phenoxy) is 3. The molecule has 0 aliphatic carbocycles. The monoisotopic (exact) mass is 344 g/mol. The van der Waals surface area contributed by atoms with Crippen LogP contribution in [0.2, 0.25) is 0 Å². The molecule has 0 bridgehead atoms. The fourth-order valence-electron chi connectivity index (χ4n) is 2.99. The standard InChI is InChI=1S/C18H20N2O5/c1-4-5-15(23-3)12-6-7-13-16(8-12)24-10-14-17(9-19-11(2)21)25-18(22)20(13)14/h4-8,14,17H,1,9-10H2,2-3H3,(H,19,21). The lowest BCUT2D eigenvalue weighted by Gasteiger charge is -2.31. The van der Waals surface area contributed by atoms with Crippen molar-refractivity contribution in [3.05, 3.63) is 42.5 Å². The Morgan fingerprint density at radius 2 is 2.32 bits per heavy atom. The maximum atomic E-state index is 12.3. The molecule has 132 valence electrons. The molecule has 7 heteroatoms. The Balaban J connectivity index is 1.87. The van der Waals surface area contributed by atoms with Crippen LogP contribution in [0.1, 0.15) is 12.5 Å². The molecular formula is C18H20N2O5. The first-order valence-corrected chi connectivity index (χ1v) is 7.93. The summed E-state index contributed by atoms with van der Waals surface area (Å²) >= 11 is 0. The van der Waals surface area contributed by atoms with Gasteiger partial charge in [-0.05, 0) is 24.3 Å². The lowest BCUT2D eigenvalue weighted by Crippen LogP contribution is -2.47. The van der Waals surface area contributed by atoms with Gasteiger partial charge in [-0.2, -0.15) is 0 Å². The molecule has 2 unspecified atom stereocenters. The Labute approximate surface area is 145 Å². The maximum Gasteiger partial charge on any atom is 0.415 e. The maximum absolute atomic E-state index is 12.3. The number of hydrogen-bond acceptors (Lipinski definition) is 5. The number of fused-ring (bicyclic) bond motifs is 3. The van der Waals surface area contributed by atoms with Gasteiger partial charge >= 0.3 is 6.09 Å². The van der Waals surface area contributed by atoms with Crippen LogP contribution in [-0.2, 0) is 14.3 Å². The minimum Gasteiger partial charge on any atom is -0.496 e. The predicted octanol–water partition coefficient (Wildman–Crippen LogP) is 2.08. The molecule has 2 aliphatic rings.